The predicted octanol–water partition coefficient (Wildman–Crippen LogP) is 12.2. The number of hydrogen-bond donors (Lipinski definition) is 1. The van der Waals surface area contributed by atoms with Gasteiger partial charge in [0.1, 0.15) is 75.9 Å². The molecule has 0 aromatic carbocycles. The van der Waals surface area contributed by atoms with Crippen LogP contribution in [0.25, 0.3) is 0 Å². The lowest BCUT2D eigenvalue weighted by Gasteiger charge is -2.42. The van der Waals surface area contributed by atoms with Gasteiger partial charge in [0.25, 0.3) is 0 Å². The molecule has 8 saturated heterocycles. The normalized spacial score (nSPS) is 26.6. The minimum Gasteiger partial charge on any atom is -0.444 e. The standard InChI is InChI=1S/C13H18ClFIN3O2.C13H19FIN3O2.C12H17ClFN3O.C11H14ClFIN3O.C8H10ClFIN3.C3H4O2/c1-13(2,3)21-12(20)18-5-4-10(8(15)7-18)19-11(14)9(16)6-17-19;1-13(2,3)20-12(19)17-5-4-11(10(14)8-17)18-7-9(15)6-16-18;1-8-4-15-17(12(8)13)11-2-3-16(5-10(11)14)9-6-18-7-9;12-11-9(14)3-15-17(11)10-1-2-16(4-8(10)13)7-5-18-6-7;9-8-6(11)4-13-14(8)7-1-2-12-3-5(7)10;4-3-1-5-2-3/h6,8,10H,4-5,7H2,1-3H3;6-7,10-11H,4-5,8H2,1-3H3;4,9-11H,2-3,5-7H2,1H3;3,7-8,10H,1-2,4-6H2;4-5,7,12H,1-3H2;1-2H2/t8-,10-;2*10-,11-;8-,10-;5-,7-;/m00000./s1. The van der Waals surface area contributed by atoms with Crippen molar-refractivity contribution in [3.05, 3.63) is 77.6 Å². The number of ether oxygens (including phenoxy) is 5. The Morgan fingerprint density at radius 1 is 0.521 bits per heavy atom. The molecule has 0 radical (unpaired) electrons. The van der Waals surface area contributed by atoms with Crippen molar-refractivity contribution in [3.63, 3.8) is 0 Å². The van der Waals surface area contributed by atoms with Crippen molar-refractivity contribution in [2.45, 2.75) is 165 Å². The first-order valence-electron chi connectivity index (χ1n) is 31.5. The molecule has 8 aliphatic rings. The number of carbonyl (C=O) groups excluding carboxylic acids is 3. The Balaban J connectivity index is 0.000000151. The molecule has 96 heavy (non-hydrogen) atoms. The molecule has 13 rings (SSSR count). The first-order chi connectivity index (χ1) is 45.4. The summed E-state index contributed by atoms with van der Waals surface area (Å²) in [7, 11) is 0. The van der Waals surface area contributed by atoms with Crippen LogP contribution < -0.4 is 5.32 Å². The van der Waals surface area contributed by atoms with Crippen LogP contribution in [0.2, 0.25) is 20.6 Å². The largest absolute Gasteiger partial charge is 0.444 e. The molecule has 2 amide bonds. The number of likely N-dealkylation sites (tertiary alicyclic amines) is 4. The average molecular weight is 1890 g/mol. The quantitative estimate of drug-likeness (QED) is 0.119. The van der Waals surface area contributed by atoms with Crippen LogP contribution in [0.15, 0.2) is 37.2 Å². The number of aromatic nitrogens is 10. The van der Waals surface area contributed by atoms with Gasteiger partial charge in [-0.1, -0.05) is 46.4 Å². The number of carbonyl (C=O) groups is 3. The number of piperidine rings is 5. The number of nitrogens with one attached hydrogen (secondary N) is 1. The molecule has 536 valence electrons. The summed E-state index contributed by atoms with van der Waals surface area (Å²) in [6.07, 6.45) is 7.36. The summed E-state index contributed by atoms with van der Waals surface area (Å²) in [5, 5.41) is 25.8. The van der Waals surface area contributed by atoms with Crippen molar-refractivity contribution < 1.29 is 60.0 Å². The van der Waals surface area contributed by atoms with Gasteiger partial charge in [-0.3, -0.25) is 19.3 Å². The van der Waals surface area contributed by atoms with Gasteiger partial charge in [-0.2, -0.15) is 25.5 Å². The first kappa shape index (κ1) is 79.5. The van der Waals surface area contributed by atoms with E-state index in [2.05, 4.69) is 136 Å². The van der Waals surface area contributed by atoms with Gasteiger partial charge in [-0.25, -0.2) is 50.3 Å². The summed E-state index contributed by atoms with van der Waals surface area (Å²) in [5.41, 5.74) is -0.238. The highest BCUT2D eigenvalue weighted by atomic mass is 127. The van der Waals surface area contributed by atoms with E-state index in [1.54, 1.807) is 91.3 Å². The van der Waals surface area contributed by atoms with Crippen molar-refractivity contribution >= 4 is 155 Å². The molecule has 8 fully saturated rings. The summed E-state index contributed by atoms with van der Waals surface area (Å²) in [4.78, 5) is 40.8. The summed E-state index contributed by atoms with van der Waals surface area (Å²) in [6, 6.07) is -0.637. The van der Waals surface area contributed by atoms with E-state index in [1.165, 1.54) is 14.5 Å². The van der Waals surface area contributed by atoms with E-state index in [9.17, 15) is 36.3 Å². The van der Waals surface area contributed by atoms with Crippen LogP contribution in [0.1, 0.15) is 109 Å². The van der Waals surface area contributed by atoms with Gasteiger partial charge in [-0.05, 0) is 177 Å². The van der Waals surface area contributed by atoms with Gasteiger partial charge in [0, 0.05) is 57.6 Å². The molecule has 8 aliphatic heterocycles. The average Bonchev–Trinajstić information content (AvgIpc) is 1.45. The number of rotatable bonds is 7. The van der Waals surface area contributed by atoms with Crippen molar-refractivity contribution in [1.29, 1.82) is 0 Å². The molecule has 0 saturated carbocycles. The van der Waals surface area contributed by atoms with E-state index < -0.39 is 60.3 Å². The highest BCUT2D eigenvalue weighted by molar-refractivity contribution is 14.1. The summed E-state index contributed by atoms with van der Waals surface area (Å²) < 4.78 is 108. The number of halogens is 13. The van der Waals surface area contributed by atoms with Gasteiger partial charge in [0.15, 0.2) is 5.78 Å². The predicted molar refractivity (Wildman–Crippen MR) is 386 cm³/mol. The number of hydrogen-bond acceptors (Lipinski definition) is 16. The van der Waals surface area contributed by atoms with Crippen LogP contribution >= 0.6 is 137 Å². The zero-order chi connectivity index (χ0) is 69.9. The molecular formula is C60H82Cl4F5I4N15O8. The third-order valence-electron chi connectivity index (χ3n) is 16.7. The van der Waals surface area contributed by atoms with E-state index in [0.717, 1.165) is 85.2 Å². The van der Waals surface area contributed by atoms with Crippen molar-refractivity contribution in [3.8, 4) is 0 Å². The molecule has 0 bridgehead atoms. The van der Waals surface area contributed by atoms with E-state index in [1.807, 2.05) is 13.1 Å². The maximum atomic E-state index is 14.4. The van der Waals surface area contributed by atoms with Crippen LogP contribution in [0.3, 0.4) is 0 Å². The molecule has 5 aromatic heterocycles. The maximum absolute atomic E-state index is 14.4. The number of alkyl halides is 5. The van der Waals surface area contributed by atoms with Crippen LogP contribution in [0.5, 0.6) is 0 Å². The van der Waals surface area contributed by atoms with Crippen molar-refractivity contribution in [2.24, 2.45) is 0 Å². The Morgan fingerprint density at radius 3 is 1.19 bits per heavy atom. The molecule has 23 nitrogen and oxygen atoms in total. The Hall–Kier alpha value is -2.25. The first-order valence-corrected chi connectivity index (χ1v) is 37.3. The maximum Gasteiger partial charge on any atom is 0.410 e. The molecule has 0 spiro atoms. The summed E-state index contributed by atoms with van der Waals surface area (Å²) in [5.74, 6) is 0.213. The lowest BCUT2D eigenvalue weighted by Crippen LogP contribution is -2.55. The van der Waals surface area contributed by atoms with E-state index >= 15 is 0 Å². The molecule has 13 heterocycles. The van der Waals surface area contributed by atoms with Gasteiger partial charge >= 0.3 is 12.2 Å². The van der Waals surface area contributed by atoms with Gasteiger partial charge in [0.05, 0.1) is 127 Å². The lowest BCUT2D eigenvalue weighted by molar-refractivity contribution is -0.140. The van der Waals surface area contributed by atoms with E-state index in [-0.39, 0.29) is 43.0 Å². The number of nitrogens with zero attached hydrogens (tertiary/aromatic N) is 14. The Kier molecular flexibility index (Phi) is 30.0. The number of aryl methyl sites for hydroxylation is 1. The molecule has 1 N–H and O–H groups in total. The van der Waals surface area contributed by atoms with Crippen molar-refractivity contribution in [2.75, 3.05) is 105 Å². The number of amides is 2. The number of ketones is 1. The van der Waals surface area contributed by atoms with E-state index in [0.29, 0.717) is 91.5 Å². The van der Waals surface area contributed by atoms with Gasteiger partial charge in [-0.15, -0.1) is 0 Å². The minimum absolute atomic E-state index is 0.00759. The Bertz CT molecular complexity index is 3250. The topological polar surface area (TPSA) is 211 Å². The summed E-state index contributed by atoms with van der Waals surface area (Å²) >= 11 is 32.8. The van der Waals surface area contributed by atoms with E-state index in [4.69, 9.17) is 65.4 Å². The zero-order valence-electron chi connectivity index (χ0n) is 54.2. The highest BCUT2D eigenvalue weighted by Gasteiger charge is 2.41. The fraction of sp³-hybridized carbons (Fsp3) is 0.700. The second-order valence-corrected chi connectivity index (χ2v) is 32.4. The molecular weight excluding hydrogens is 1800 g/mol. The monoisotopic (exact) mass is 1880 g/mol. The lowest BCUT2D eigenvalue weighted by atomic mass is 10.0. The second-order valence-electron chi connectivity index (χ2n) is 26.2. The third-order valence-corrected chi connectivity index (χ3v) is 22.2. The third kappa shape index (κ3) is 21.9. The van der Waals surface area contributed by atoms with Crippen LogP contribution in [-0.2, 0) is 28.5 Å². The van der Waals surface area contributed by atoms with Gasteiger partial charge < -0.3 is 38.8 Å². The van der Waals surface area contributed by atoms with Crippen LogP contribution in [0, 0.1) is 21.2 Å². The molecule has 36 heteroatoms. The van der Waals surface area contributed by atoms with Crippen molar-refractivity contribution in [1.82, 2.24) is 73.8 Å². The Labute approximate surface area is 630 Å². The van der Waals surface area contributed by atoms with Gasteiger partial charge in [0.2, 0.25) is 0 Å². The minimum atomic E-state index is -1.22. The summed E-state index contributed by atoms with van der Waals surface area (Å²) in [6.45, 7) is 21.1. The molecule has 0 aliphatic carbocycles. The molecule has 5 aromatic rings. The second kappa shape index (κ2) is 36.3. The fourth-order valence-corrected chi connectivity index (χ4v) is 13.8. The smallest absolute Gasteiger partial charge is 0.410 e. The number of Topliss-reactive ketones (excluding diaryl/α,β-unsaturated/α-hetero) is 1. The molecule has 10 atom stereocenters. The molecule has 0 unspecified atom stereocenters. The van der Waals surface area contributed by atoms with Crippen LogP contribution in [-0.4, -0.2) is 246 Å². The Morgan fingerprint density at radius 2 is 0.896 bits per heavy atom. The van der Waals surface area contributed by atoms with Crippen LogP contribution in [0.4, 0.5) is 31.5 Å². The SMILES string of the molecule is CC(C)(C)OC(=O)N1CC[C@H](n2cc(I)cn2)[C@@H](F)C1.CC(C)(C)OC(=O)N1CC[C@H](n2ncc(I)c2Cl)[C@@H](F)C1.Cc1cnn([C@H]2CCN(C3COC3)C[C@@H]2F)c1Cl.F[C@H]1CN(C2COC2)CC[C@@H]1n1ncc(I)c1Cl.F[C@H]1CNCC[C@@H]1n1ncc(I)c1Cl.O=C1COC1. The fourth-order valence-electron chi connectivity index (χ4n) is 11.4. The highest BCUT2D eigenvalue weighted by Crippen LogP contribution is 2.36. The zero-order valence-corrected chi connectivity index (χ0v) is 65.8.